The highest BCUT2D eigenvalue weighted by Gasteiger charge is 2.19. The van der Waals surface area contributed by atoms with Crippen molar-refractivity contribution in [1.29, 1.82) is 0 Å². The Morgan fingerprint density at radius 1 is 1.04 bits per heavy atom. The van der Waals surface area contributed by atoms with Crippen LogP contribution in [0.4, 0.5) is 0 Å². The molecule has 0 fully saturated rings. The van der Waals surface area contributed by atoms with Crippen LogP contribution in [0, 0.1) is 6.92 Å². The zero-order valence-electron chi connectivity index (χ0n) is 16.5. The predicted molar refractivity (Wildman–Crippen MR) is 113 cm³/mol. The molecular formula is C24H28N2O. The summed E-state index contributed by atoms with van der Waals surface area (Å²) in [7, 11) is 0. The van der Waals surface area contributed by atoms with Gasteiger partial charge in [0, 0.05) is 17.0 Å². The summed E-state index contributed by atoms with van der Waals surface area (Å²) in [5.74, 6) is -0.00715. The summed E-state index contributed by atoms with van der Waals surface area (Å²) in [5.41, 5.74) is 4.43. The lowest BCUT2D eigenvalue weighted by Crippen LogP contribution is -2.33. The first-order valence-corrected chi connectivity index (χ1v) is 9.87. The maximum Gasteiger partial charge on any atom is 0.252 e. The SMILES string of the molecule is CCCCCC(C)NC(=O)c1c(C)c(-c2ccccc2)nc2ccccc12. The zero-order valence-corrected chi connectivity index (χ0v) is 16.5. The second-order valence-corrected chi connectivity index (χ2v) is 7.21. The lowest BCUT2D eigenvalue weighted by Gasteiger charge is -2.18. The monoisotopic (exact) mass is 360 g/mol. The largest absolute Gasteiger partial charge is 0.350 e. The average Bonchev–Trinajstić information content (AvgIpc) is 2.68. The first-order valence-electron chi connectivity index (χ1n) is 9.87. The van der Waals surface area contributed by atoms with Crippen LogP contribution in [0.25, 0.3) is 22.2 Å². The van der Waals surface area contributed by atoms with E-state index in [0.29, 0.717) is 0 Å². The minimum absolute atomic E-state index is 0.00715. The quantitative estimate of drug-likeness (QED) is 0.532. The van der Waals surface area contributed by atoms with Crippen molar-refractivity contribution in [1.82, 2.24) is 10.3 Å². The number of amides is 1. The number of fused-ring (bicyclic) bond motifs is 1. The van der Waals surface area contributed by atoms with Crippen LogP contribution in [-0.4, -0.2) is 16.9 Å². The van der Waals surface area contributed by atoms with Gasteiger partial charge in [-0.15, -0.1) is 0 Å². The van der Waals surface area contributed by atoms with Crippen molar-refractivity contribution < 1.29 is 4.79 Å². The van der Waals surface area contributed by atoms with Crippen molar-refractivity contribution >= 4 is 16.8 Å². The van der Waals surface area contributed by atoms with Crippen molar-refractivity contribution in [2.75, 3.05) is 0 Å². The molecular weight excluding hydrogens is 332 g/mol. The minimum atomic E-state index is -0.00715. The third-order valence-corrected chi connectivity index (χ3v) is 5.03. The van der Waals surface area contributed by atoms with Gasteiger partial charge >= 0.3 is 0 Å². The molecule has 0 saturated heterocycles. The third kappa shape index (κ3) is 4.36. The van der Waals surface area contributed by atoms with Gasteiger partial charge in [-0.25, -0.2) is 4.98 Å². The standard InChI is InChI=1S/C24H28N2O/c1-4-5-7-12-17(2)25-24(27)22-18(3)23(19-13-8-6-9-14-19)26-21-16-11-10-15-20(21)22/h6,8-11,13-17H,4-5,7,12H2,1-3H3,(H,25,27). The molecule has 1 N–H and O–H groups in total. The van der Waals surface area contributed by atoms with Gasteiger partial charge < -0.3 is 5.32 Å². The molecule has 0 bridgehead atoms. The fourth-order valence-corrected chi connectivity index (χ4v) is 3.55. The number of rotatable bonds is 7. The highest BCUT2D eigenvalue weighted by Crippen LogP contribution is 2.29. The molecule has 2 aromatic carbocycles. The zero-order chi connectivity index (χ0) is 19.2. The van der Waals surface area contributed by atoms with Crippen LogP contribution in [-0.2, 0) is 0 Å². The summed E-state index contributed by atoms with van der Waals surface area (Å²) < 4.78 is 0. The summed E-state index contributed by atoms with van der Waals surface area (Å²) in [6.07, 6.45) is 4.54. The molecule has 0 aliphatic carbocycles. The summed E-state index contributed by atoms with van der Waals surface area (Å²) in [5, 5.41) is 4.11. The Bertz CT molecular complexity index is 918. The Hall–Kier alpha value is -2.68. The first kappa shape index (κ1) is 19.1. The lowest BCUT2D eigenvalue weighted by molar-refractivity contribution is 0.0939. The van der Waals surface area contributed by atoms with E-state index in [1.807, 2.05) is 61.5 Å². The molecule has 3 nitrogen and oxygen atoms in total. The number of hydrogen-bond acceptors (Lipinski definition) is 2. The van der Waals surface area contributed by atoms with Crippen LogP contribution in [0.1, 0.15) is 55.5 Å². The number of hydrogen-bond donors (Lipinski definition) is 1. The molecule has 0 radical (unpaired) electrons. The number of carbonyl (C=O) groups is 1. The Labute approximate surface area is 161 Å². The average molecular weight is 361 g/mol. The van der Waals surface area contributed by atoms with Crippen molar-refractivity contribution in [3.05, 3.63) is 65.7 Å². The minimum Gasteiger partial charge on any atom is -0.350 e. The van der Waals surface area contributed by atoms with E-state index in [9.17, 15) is 4.79 Å². The maximum absolute atomic E-state index is 13.2. The fraction of sp³-hybridized carbons (Fsp3) is 0.333. The molecule has 0 aliphatic rings. The van der Waals surface area contributed by atoms with Gasteiger partial charge in [0.25, 0.3) is 5.91 Å². The van der Waals surface area contributed by atoms with E-state index in [2.05, 4.69) is 19.2 Å². The van der Waals surface area contributed by atoms with Crippen LogP contribution in [0.5, 0.6) is 0 Å². The summed E-state index contributed by atoms with van der Waals surface area (Å²) >= 11 is 0. The predicted octanol–water partition coefficient (Wildman–Crippen LogP) is 5.91. The van der Waals surface area contributed by atoms with Gasteiger partial charge in [0.05, 0.1) is 16.8 Å². The van der Waals surface area contributed by atoms with Gasteiger partial charge in [0.15, 0.2) is 0 Å². The molecule has 0 saturated carbocycles. The number of nitrogens with one attached hydrogen (secondary N) is 1. The summed E-state index contributed by atoms with van der Waals surface area (Å²) in [4.78, 5) is 18.0. The van der Waals surface area contributed by atoms with Gasteiger partial charge in [0.2, 0.25) is 0 Å². The lowest BCUT2D eigenvalue weighted by atomic mass is 9.97. The number of pyridine rings is 1. The van der Waals surface area contributed by atoms with Gasteiger partial charge in [-0.05, 0) is 31.9 Å². The number of nitrogens with zero attached hydrogens (tertiary/aromatic N) is 1. The van der Waals surface area contributed by atoms with Crippen molar-refractivity contribution in [3.63, 3.8) is 0 Å². The smallest absolute Gasteiger partial charge is 0.252 e. The molecule has 3 heteroatoms. The molecule has 1 amide bonds. The van der Waals surface area contributed by atoms with Crippen molar-refractivity contribution in [2.45, 2.75) is 52.5 Å². The van der Waals surface area contributed by atoms with E-state index < -0.39 is 0 Å². The molecule has 3 aromatic rings. The van der Waals surface area contributed by atoms with Crippen LogP contribution in [0.15, 0.2) is 54.6 Å². The van der Waals surface area contributed by atoms with Crippen LogP contribution in [0.2, 0.25) is 0 Å². The van der Waals surface area contributed by atoms with Crippen LogP contribution in [0.3, 0.4) is 0 Å². The summed E-state index contributed by atoms with van der Waals surface area (Å²) in [6, 6.07) is 18.1. The van der Waals surface area contributed by atoms with Gasteiger partial charge in [-0.1, -0.05) is 74.7 Å². The van der Waals surface area contributed by atoms with Gasteiger partial charge in [0.1, 0.15) is 0 Å². The number of aromatic nitrogens is 1. The first-order chi connectivity index (χ1) is 13.1. The number of unbranched alkanes of at least 4 members (excludes halogenated alkanes) is 2. The summed E-state index contributed by atoms with van der Waals surface area (Å²) in [6.45, 7) is 6.28. The van der Waals surface area contributed by atoms with Crippen LogP contribution >= 0.6 is 0 Å². The Kier molecular flexibility index (Phi) is 6.23. The molecule has 27 heavy (non-hydrogen) atoms. The van der Waals surface area contributed by atoms with E-state index in [1.54, 1.807) is 0 Å². The maximum atomic E-state index is 13.2. The Morgan fingerprint density at radius 2 is 1.74 bits per heavy atom. The van der Waals surface area contributed by atoms with E-state index in [-0.39, 0.29) is 11.9 Å². The van der Waals surface area contributed by atoms with Gasteiger partial charge in [-0.3, -0.25) is 4.79 Å². The molecule has 140 valence electrons. The topological polar surface area (TPSA) is 42.0 Å². The van der Waals surface area contributed by atoms with E-state index in [0.717, 1.165) is 46.1 Å². The van der Waals surface area contributed by atoms with E-state index >= 15 is 0 Å². The second kappa shape index (κ2) is 8.81. The van der Waals surface area contributed by atoms with Gasteiger partial charge in [-0.2, -0.15) is 0 Å². The molecule has 1 atom stereocenters. The van der Waals surface area contributed by atoms with E-state index in [1.165, 1.54) is 12.8 Å². The highest BCUT2D eigenvalue weighted by atomic mass is 16.1. The number of carbonyl (C=O) groups excluding carboxylic acids is 1. The van der Waals surface area contributed by atoms with E-state index in [4.69, 9.17) is 4.98 Å². The Morgan fingerprint density at radius 3 is 2.48 bits per heavy atom. The second-order valence-electron chi connectivity index (χ2n) is 7.21. The molecule has 0 spiro atoms. The molecule has 0 aliphatic heterocycles. The molecule has 3 rings (SSSR count). The number of para-hydroxylation sites is 1. The van der Waals surface area contributed by atoms with Crippen molar-refractivity contribution in [3.8, 4) is 11.3 Å². The Balaban J connectivity index is 2.00. The normalized spacial score (nSPS) is 12.1. The molecule has 1 unspecified atom stereocenters. The highest BCUT2D eigenvalue weighted by molar-refractivity contribution is 6.09. The number of benzene rings is 2. The third-order valence-electron chi connectivity index (χ3n) is 5.03. The molecule has 1 aromatic heterocycles. The van der Waals surface area contributed by atoms with Crippen molar-refractivity contribution in [2.24, 2.45) is 0 Å². The molecule has 1 heterocycles. The fourth-order valence-electron chi connectivity index (χ4n) is 3.55. The van der Waals surface area contributed by atoms with Crippen LogP contribution < -0.4 is 5.32 Å².